The highest BCUT2D eigenvalue weighted by molar-refractivity contribution is 5.89. The fraction of sp³-hybridized carbons (Fsp3) is 0.304. The summed E-state index contributed by atoms with van der Waals surface area (Å²) in [6.07, 6.45) is 0.464. The molecular weight excluding hydrogens is 350 g/mol. The van der Waals surface area contributed by atoms with Crippen LogP contribution in [0.2, 0.25) is 0 Å². The third kappa shape index (κ3) is 3.65. The number of amides is 1. The lowest BCUT2D eigenvalue weighted by molar-refractivity contribution is -0.130. The van der Waals surface area contributed by atoms with Gasteiger partial charge in [0.25, 0.3) is 0 Å². The Morgan fingerprint density at radius 2 is 1.79 bits per heavy atom. The van der Waals surface area contributed by atoms with Crippen LogP contribution in [0.4, 0.5) is 5.82 Å². The number of piperazine rings is 1. The Labute approximate surface area is 165 Å². The van der Waals surface area contributed by atoms with Gasteiger partial charge in [0.05, 0.1) is 13.5 Å². The lowest BCUT2D eigenvalue weighted by Crippen LogP contribution is -2.49. The molecule has 28 heavy (non-hydrogen) atoms. The average molecular weight is 375 g/mol. The molecule has 0 radical (unpaired) electrons. The van der Waals surface area contributed by atoms with Gasteiger partial charge in [-0.05, 0) is 30.2 Å². The van der Waals surface area contributed by atoms with E-state index in [2.05, 4.69) is 24.0 Å². The van der Waals surface area contributed by atoms with Crippen LogP contribution < -0.4 is 9.64 Å². The van der Waals surface area contributed by atoms with Crippen molar-refractivity contribution in [1.29, 1.82) is 0 Å². The first-order valence-corrected chi connectivity index (χ1v) is 9.66. The van der Waals surface area contributed by atoms with Crippen molar-refractivity contribution in [2.45, 2.75) is 13.3 Å². The summed E-state index contributed by atoms with van der Waals surface area (Å²) in [5, 5.41) is 1.11. The summed E-state index contributed by atoms with van der Waals surface area (Å²) < 4.78 is 5.50. The molecule has 144 valence electrons. The number of aryl methyl sites for hydroxylation is 1. The zero-order valence-electron chi connectivity index (χ0n) is 16.4. The van der Waals surface area contributed by atoms with E-state index >= 15 is 0 Å². The molecule has 4 rings (SSSR count). The standard InChI is InChI=1S/C23H25N3O2/c1-17-15-21(24-23-19(17)9-6-10-20(23)28-2)25-11-13-26(14-12-25)22(27)16-18-7-4-3-5-8-18/h3-10,15H,11-14,16H2,1-2H3. The van der Waals surface area contributed by atoms with Crippen molar-refractivity contribution in [2.75, 3.05) is 38.2 Å². The Bertz CT molecular complexity index is 980. The highest BCUT2D eigenvalue weighted by Gasteiger charge is 2.22. The lowest BCUT2D eigenvalue weighted by Gasteiger charge is -2.35. The molecule has 0 saturated carbocycles. The molecule has 0 atom stereocenters. The molecule has 1 fully saturated rings. The molecule has 2 heterocycles. The number of ether oxygens (including phenoxy) is 1. The zero-order valence-corrected chi connectivity index (χ0v) is 16.4. The van der Waals surface area contributed by atoms with E-state index in [4.69, 9.17) is 9.72 Å². The summed E-state index contributed by atoms with van der Waals surface area (Å²) in [6, 6.07) is 18.1. The number of carbonyl (C=O) groups is 1. The van der Waals surface area contributed by atoms with Crippen molar-refractivity contribution in [3.63, 3.8) is 0 Å². The first-order chi connectivity index (χ1) is 13.7. The van der Waals surface area contributed by atoms with E-state index in [9.17, 15) is 4.79 Å². The molecule has 0 spiro atoms. The molecule has 1 saturated heterocycles. The molecule has 1 aromatic heterocycles. The highest BCUT2D eigenvalue weighted by Crippen LogP contribution is 2.29. The average Bonchev–Trinajstić information content (AvgIpc) is 2.74. The maximum atomic E-state index is 12.6. The van der Waals surface area contributed by atoms with Crippen LogP contribution in [-0.4, -0.2) is 49.1 Å². The molecule has 0 N–H and O–H groups in total. The number of pyridine rings is 1. The third-order valence-electron chi connectivity index (χ3n) is 5.37. The first kappa shape index (κ1) is 18.3. The molecule has 3 aromatic rings. The van der Waals surface area contributed by atoms with E-state index in [1.807, 2.05) is 47.4 Å². The van der Waals surface area contributed by atoms with Gasteiger partial charge in [-0.25, -0.2) is 4.98 Å². The molecule has 1 aliphatic heterocycles. The minimum Gasteiger partial charge on any atom is -0.494 e. The number of para-hydroxylation sites is 1. The van der Waals surface area contributed by atoms with Gasteiger partial charge < -0.3 is 14.5 Å². The Balaban J connectivity index is 1.47. The van der Waals surface area contributed by atoms with Crippen LogP contribution in [0.15, 0.2) is 54.6 Å². The normalized spacial score (nSPS) is 14.4. The zero-order chi connectivity index (χ0) is 19.5. The van der Waals surface area contributed by atoms with E-state index in [0.717, 1.165) is 54.2 Å². The number of rotatable bonds is 4. The van der Waals surface area contributed by atoms with Gasteiger partial charge in [-0.15, -0.1) is 0 Å². The van der Waals surface area contributed by atoms with Gasteiger partial charge in [-0.2, -0.15) is 0 Å². The summed E-state index contributed by atoms with van der Waals surface area (Å²) in [7, 11) is 1.68. The van der Waals surface area contributed by atoms with Crippen molar-refractivity contribution >= 4 is 22.6 Å². The Morgan fingerprint density at radius 1 is 1.04 bits per heavy atom. The van der Waals surface area contributed by atoms with Gasteiger partial charge in [0.2, 0.25) is 5.91 Å². The van der Waals surface area contributed by atoms with Crippen LogP contribution >= 0.6 is 0 Å². The monoisotopic (exact) mass is 375 g/mol. The summed E-state index contributed by atoms with van der Waals surface area (Å²) in [6.45, 7) is 5.11. The second kappa shape index (κ2) is 7.89. The molecule has 1 aliphatic rings. The number of fused-ring (bicyclic) bond motifs is 1. The van der Waals surface area contributed by atoms with Crippen LogP contribution in [0.5, 0.6) is 5.75 Å². The van der Waals surface area contributed by atoms with Crippen LogP contribution in [0.1, 0.15) is 11.1 Å². The Morgan fingerprint density at radius 3 is 2.50 bits per heavy atom. The van der Waals surface area contributed by atoms with Gasteiger partial charge in [-0.1, -0.05) is 42.5 Å². The number of nitrogens with zero attached hydrogens (tertiary/aromatic N) is 3. The second-order valence-electron chi connectivity index (χ2n) is 7.18. The number of methoxy groups -OCH3 is 1. The SMILES string of the molecule is COc1cccc2c(C)cc(N3CCN(C(=O)Cc4ccccc4)CC3)nc12. The molecule has 0 unspecified atom stereocenters. The maximum absolute atomic E-state index is 12.6. The Kier molecular flexibility index (Phi) is 5.15. The molecule has 1 amide bonds. The topological polar surface area (TPSA) is 45.7 Å². The van der Waals surface area contributed by atoms with Crippen molar-refractivity contribution in [1.82, 2.24) is 9.88 Å². The number of hydrogen-bond acceptors (Lipinski definition) is 4. The van der Waals surface area contributed by atoms with E-state index in [0.29, 0.717) is 6.42 Å². The highest BCUT2D eigenvalue weighted by atomic mass is 16.5. The number of carbonyl (C=O) groups excluding carboxylic acids is 1. The van der Waals surface area contributed by atoms with Gasteiger partial charge in [0.15, 0.2) is 0 Å². The minimum atomic E-state index is 0.190. The van der Waals surface area contributed by atoms with E-state index in [1.54, 1.807) is 7.11 Å². The largest absolute Gasteiger partial charge is 0.494 e. The van der Waals surface area contributed by atoms with Crippen molar-refractivity contribution in [3.05, 3.63) is 65.7 Å². The van der Waals surface area contributed by atoms with Gasteiger partial charge in [0.1, 0.15) is 17.1 Å². The molecule has 0 aliphatic carbocycles. The minimum absolute atomic E-state index is 0.190. The fourth-order valence-electron chi connectivity index (χ4n) is 3.77. The van der Waals surface area contributed by atoms with E-state index in [-0.39, 0.29) is 5.91 Å². The molecule has 5 heteroatoms. The third-order valence-corrected chi connectivity index (χ3v) is 5.37. The van der Waals surface area contributed by atoms with Gasteiger partial charge in [-0.3, -0.25) is 4.79 Å². The summed E-state index contributed by atoms with van der Waals surface area (Å²) >= 11 is 0. The fourth-order valence-corrected chi connectivity index (χ4v) is 3.77. The maximum Gasteiger partial charge on any atom is 0.227 e. The number of anilines is 1. The number of benzene rings is 2. The van der Waals surface area contributed by atoms with E-state index in [1.165, 1.54) is 5.56 Å². The van der Waals surface area contributed by atoms with Gasteiger partial charge in [0, 0.05) is 31.6 Å². The van der Waals surface area contributed by atoms with Gasteiger partial charge >= 0.3 is 0 Å². The lowest BCUT2D eigenvalue weighted by atomic mass is 10.1. The van der Waals surface area contributed by atoms with Crippen molar-refractivity contribution < 1.29 is 9.53 Å². The first-order valence-electron chi connectivity index (χ1n) is 9.66. The predicted molar refractivity (Wildman–Crippen MR) is 112 cm³/mol. The molecule has 2 aromatic carbocycles. The number of aromatic nitrogens is 1. The van der Waals surface area contributed by atoms with Crippen LogP contribution in [0, 0.1) is 6.92 Å². The summed E-state index contributed by atoms with van der Waals surface area (Å²) in [4.78, 5) is 21.7. The molecule has 0 bridgehead atoms. The smallest absolute Gasteiger partial charge is 0.227 e. The number of hydrogen-bond donors (Lipinski definition) is 0. The van der Waals surface area contributed by atoms with Crippen molar-refractivity contribution in [2.24, 2.45) is 0 Å². The van der Waals surface area contributed by atoms with E-state index < -0.39 is 0 Å². The summed E-state index contributed by atoms with van der Waals surface area (Å²) in [5.41, 5.74) is 3.14. The predicted octanol–water partition coefficient (Wildman–Crippen LogP) is 3.44. The summed E-state index contributed by atoms with van der Waals surface area (Å²) in [5.74, 6) is 1.93. The second-order valence-corrected chi connectivity index (χ2v) is 7.18. The quantitative estimate of drug-likeness (QED) is 0.701. The molecule has 5 nitrogen and oxygen atoms in total. The van der Waals surface area contributed by atoms with Crippen LogP contribution in [0.25, 0.3) is 10.9 Å². The Hall–Kier alpha value is -3.08. The molecular formula is C23H25N3O2. The van der Waals surface area contributed by atoms with Crippen molar-refractivity contribution in [3.8, 4) is 5.75 Å². The van der Waals surface area contributed by atoms with Crippen LogP contribution in [-0.2, 0) is 11.2 Å². The van der Waals surface area contributed by atoms with Crippen LogP contribution in [0.3, 0.4) is 0 Å².